The van der Waals surface area contributed by atoms with E-state index in [1.807, 2.05) is 31.3 Å². The van der Waals surface area contributed by atoms with Gasteiger partial charge in [0.1, 0.15) is 0 Å². The lowest BCUT2D eigenvalue weighted by molar-refractivity contribution is -0.144. The van der Waals surface area contributed by atoms with Gasteiger partial charge in [0, 0.05) is 23.2 Å². The summed E-state index contributed by atoms with van der Waals surface area (Å²) in [6.45, 7) is 2.29. The second-order valence-corrected chi connectivity index (χ2v) is 4.66. The molecule has 0 radical (unpaired) electrons. The lowest BCUT2D eigenvalue weighted by Gasteiger charge is -2.03. The molecule has 1 aliphatic carbocycles. The maximum absolute atomic E-state index is 11.6. The zero-order valence-corrected chi connectivity index (χ0v) is 10.3. The molecule has 0 N–H and O–H groups in total. The zero-order chi connectivity index (χ0) is 12.5. The molecular formula is C15H15NO2. The number of hydrogen-bond donors (Lipinski definition) is 0. The fourth-order valence-corrected chi connectivity index (χ4v) is 2.34. The number of esters is 1. The molecular weight excluding hydrogens is 226 g/mol. The van der Waals surface area contributed by atoms with Crippen LogP contribution in [0.3, 0.4) is 0 Å². The van der Waals surface area contributed by atoms with E-state index < -0.39 is 0 Å². The fraction of sp³-hybridized carbons (Fsp3) is 0.333. The van der Waals surface area contributed by atoms with Gasteiger partial charge < -0.3 is 4.74 Å². The molecule has 1 aromatic carbocycles. The van der Waals surface area contributed by atoms with Crippen molar-refractivity contribution in [2.45, 2.75) is 19.3 Å². The molecule has 1 heterocycles. The lowest BCUT2D eigenvalue weighted by atomic mass is 10.1. The molecule has 1 fully saturated rings. The number of pyridine rings is 1. The smallest absolute Gasteiger partial charge is 0.309 e. The molecule has 2 aromatic rings. The van der Waals surface area contributed by atoms with Crippen molar-refractivity contribution in [2.75, 3.05) is 6.61 Å². The highest BCUT2D eigenvalue weighted by molar-refractivity contribution is 5.83. The SMILES string of the molecule is CCOC(=O)[C@@H]1C[C@H]1c1cc2ccccc2cn1. The fourth-order valence-electron chi connectivity index (χ4n) is 2.34. The molecule has 0 unspecified atom stereocenters. The van der Waals surface area contributed by atoms with Crippen LogP contribution in [0.25, 0.3) is 10.8 Å². The number of fused-ring (bicyclic) bond motifs is 1. The Hall–Kier alpha value is -1.90. The molecule has 92 valence electrons. The number of carbonyl (C=O) groups excluding carboxylic acids is 1. The number of aromatic nitrogens is 1. The molecule has 3 rings (SSSR count). The first-order chi connectivity index (χ1) is 8.79. The van der Waals surface area contributed by atoms with Crippen molar-refractivity contribution >= 4 is 16.7 Å². The minimum absolute atomic E-state index is 0.0126. The Bertz CT molecular complexity index is 594. The van der Waals surface area contributed by atoms with Crippen molar-refractivity contribution < 1.29 is 9.53 Å². The Morgan fingerprint density at radius 3 is 2.94 bits per heavy atom. The van der Waals surface area contributed by atoms with E-state index in [2.05, 4.69) is 17.1 Å². The molecule has 0 spiro atoms. The highest BCUT2D eigenvalue weighted by atomic mass is 16.5. The van der Waals surface area contributed by atoms with Gasteiger partial charge in [-0.3, -0.25) is 9.78 Å². The van der Waals surface area contributed by atoms with E-state index in [-0.39, 0.29) is 17.8 Å². The van der Waals surface area contributed by atoms with E-state index in [0.29, 0.717) is 6.61 Å². The molecule has 2 atom stereocenters. The number of benzene rings is 1. The first-order valence-corrected chi connectivity index (χ1v) is 6.31. The summed E-state index contributed by atoms with van der Waals surface area (Å²) in [5.41, 5.74) is 1.01. The maximum Gasteiger partial charge on any atom is 0.309 e. The molecule has 18 heavy (non-hydrogen) atoms. The highest BCUT2D eigenvalue weighted by Crippen LogP contribution is 2.47. The topological polar surface area (TPSA) is 39.2 Å². The number of hydrogen-bond acceptors (Lipinski definition) is 3. The summed E-state index contributed by atoms with van der Waals surface area (Å²) in [5, 5.41) is 2.31. The van der Waals surface area contributed by atoms with Gasteiger partial charge in [-0.15, -0.1) is 0 Å². The van der Waals surface area contributed by atoms with Crippen LogP contribution in [0.15, 0.2) is 36.5 Å². The average Bonchev–Trinajstić information content (AvgIpc) is 3.19. The van der Waals surface area contributed by atoms with Gasteiger partial charge in [-0.1, -0.05) is 24.3 Å². The summed E-state index contributed by atoms with van der Waals surface area (Å²) < 4.78 is 5.04. The van der Waals surface area contributed by atoms with Crippen LogP contribution in [-0.2, 0) is 9.53 Å². The summed E-state index contributed by atoms with van der Waals surface area (Å²) in [4.78, 5) is 16.1. The van der Waals surface area contributed by atoms with Gasteiger partial charge in [-0.2, -0.15) is 0 Å². The molecule has 1 saturated carbocycles. The van der Waals surface area contributed by atoms with Crippen molar-refractivity contribution in [1.82, 2.24) is 4.98 Å². The monoisotopic (exact) mass is 241 g/mol. The Labute approximate surface area is 106 Å². The Morgan fingerprint density at radius 1 is 1.39 bits per heavy atom. The van der Waals surface area contributed by atoms with Gasteiger partial charge in [0.2, 0.25) is 0 Å². The van der Waals surface area contributed by atoms with E-state index in [1.54, 1.807) is 0 Å². The van der Waals surface area contributed by atoms with Crippen molar-refractivity contribution in [3.05, 3.63) is 42.2 Å². The largest absolute Gasteiger partial charge is 0.466 e. The minimum Gasteiger partial charge on any atom is -0.466 e. The summed E-state index contributed by atoms with van der Waals surface area (Å²) in [6, 6.07) is 10.2. The predicted octanol–water partition coefficient (Wildman–Crippen LogP) is 2.90. The van der Waals surface area contributed by atoms with Crippen LogP contribution >= 0.6 is 0 Å². The molecule has 0 aliphatic heterocycles. The van der Waals surface area contributed by atoms with Gasteiger partial charge in [0.25, 0.3) is 0 Å². The molecule has 3 nitrogen and oxygen atoms in total. The number of ether oxygens (including phenoxy) is 1. The van der Waals surface area contributed by atoms with E-state index in [4.69, 9.17) is 4.74 Å². The van der Waals surface area contributed by atoms with Crippen LogP contribution in [0, 0.1) is 5.92 Å². The highest BCUT2D eigenvalue weighted by Gasteiger charge is 2.46. The second kappa shape index (κ2) is 4.41. The van der Waals surface area contributed by atoms with Crippen molar-refractivity contribution in [3.8, 4) is 0 Å². The molecule has 0 amide bonds. The van der Waals surface area contributed by atoms with Crippen LogP contribution < -0.4 is 0 Å². The van der Waals surface area contributed by atoms with Crippen LogP contribution in [0.4, 0.5) is 0 Å². The van der Waals surface area contributed by atoms with E-state index in [1.165, 1.54) is 5.39 Å². The number of rotatable bonds is 3. The Morgan fingerprint density at radius 2 is 2.17 bits per heavy atom. The molecule has 1 aromatic heterocycles. The molecule has 3 heteroatoms. The predicted molar refractivity (Wildman–Crippen MR) is 69.2 cm³/mol. The quantitative estimate of drug-likeness (QED) is 0.776. The van der Waals surface area contributed by atoms with Crippen LogP contribution in [0.5, 0.6) is 0 Å². The van der Waals surface area contributed by atoms with Gasteiger partial charge in [-0.25, -0.2) is 0 Å². The zero-order valence-electron chi connectivity index (χ0n) is 10.3. The van der Waals surface area contributed by atoms with Gasteiger partial charge in [0.15, 0.2) is 0 Å². The van der Waals surface area contributed by atoms with Crippen LogP contribution in [-0.4, -0.2) is 17.6 Å². The van der Waals surface area contributed by atoms with Crippen LogP contribution in [0.2, 0.25) is 0 Å². The third-order valence-electron chi connectivity index (χ3n) is 3.41. The third kappa shape index (κ3) is 1.96. The van der Waals surface area contributed by atoms with Crippen LogP contribution in [0.1, 0.15) is 25.0 Å². The van der Waals surface area contributed by atoms with Crippen molar-refractivity contribution in [3.63, 3.8) is 0 Å². The first-order valence-electron chi connectivity index (χ1n) is 6.31. The minimum atomic E-state index is -0.0857. The average molecular weight is 241 g/mol. The molecule has 1 aliphatic rings. The Balaban J connectivity index is 1.82. The number of nitrogens with zero attached hydrogens (tertiary/aromatic N) is 1. The summed E-state index contributed by atoms with van der Waals surface area (Å²) in [5.74, 6) is 0.171. The molecule has 0 saturated heterocycles. The summed E-state index contributed by atoms with van der Waals surface area (Å²) in [6.07, 6.45) is 2.75. The Kier molecular flexibility index (Phi) is 2.74. The van der Waals surface area contributed by atoms with E-state index >= 15 is 0 Å². The first kappa shape index (κ1) is 11.2. The van der Waals surface area contributed by atoms with E-state index in [9.17, 15) is 4.79 Å². The summed E-state index contributed by atoms with van der Waals surface area (Å²) in [7, 11) is 0. The maximum atomic E-state index is 11.6. The number of carbonyl (C=O) groups is 1. The van der Waals surface area contributed by atoms with Gasteiger partial charge in [-0.05, 0) is 24.8 Å². The van der Waals surface area contributed by atoms with E-state index in [0.717, 1.165) is 17.5 Å². The normalized spacial score (nSPS) is 21.8. The van der Waals surface area contributed by atoms with Crippen molar-refractivity contribution in [2.24, 2.45) is 5.92 Å². The lowest BCUT2D eigenvalue weighted by Crippen LogP contribution is -2.07. The second-order valence-electron chi connectivity index (χ2n) is 4.66. The third-order valence-corrected chi connectivity index (χ3v) is 3.41. The standard InChI is InChI=1S/C15H15NO2/c1-2-18-15(17)13-8-12(13)14-7-10-5-3-4-6-11(10)9-16-14/h3-7,9,12-13H,2,8H2,1H3/t12-,13-/m1/s1. The summed E-state index contributed by atoms with van der Waals surface area (Å²) >= 11 is 0. The van der Waals surface area contributed by atoms with Crippen molar-refractivity contribution in [1.29, 1.82) is 0 Å². The van der Waals surface area contributed by atoms with Gasteiger partial charge in [0.05, 0.1) is 12.5 Å². The molecule has 0 bridgehead atoms. The van der Waals surface area contributed by atoms with Gasteiger partial charge >= 0.3 is 5.97 Å².